The molecule has 84 valence electrons. The van der Waals surface area contributed by atoms with Crippen molar-refractivity contribution in [2.45, 2.75) is 32.5 Å². The molecule has 15 heavy (non-hydrogen) atoms. The second-order valence-electron chi connectivity index (χ2n) is 4.25. The van der Waals surface area contributed by atoms with Gasteiger partial charge >= 0.3 is 6.09 Å². The summed E-state index contributed by atoms with van der Waals surface area (Å²) in [6, 6.07) is 0. The van der Waals surface area contributed by atoms with E-state index in [1.165, 1.54) is 4.90 Å². The Morgan fingerprint density at radius 1 is 1.73 bits per heavy atom. The van der Waals surface area contributed by atoms with Gasteiger partial charge in [-0.25, -0.2) is 9.69 Å². The summed E-state index contributed by atoms with van der Waals surface area (Å²) in [5, 5.41) is 0.147. The predicted molar refractivity (Wildman–Crippen MR) is 60.6 cm³/mol. The summed E-state index contributed by atoms with van der Waals surface area (Å²) in [5.41, 5.74) is -0.529. The van der Waals surface area contributed by atoms with Gasteiger partial charge in [-0.1, -0.05) is 6.58 Å². The summed E-state index contributed by atoms with van der Waals surface area (Å²) in [5.74, 6) is 0. The lowest BCUT2D eigenvalue weighted by Gasteiger charge is -2.22. The molecular weight excluding hydrogens is 214 g/mol. The average Bonchev–Trinajstić information content (AvgIpc) is 2.43. The number of rotatable bonds is 1. The maximum Gasteiger partial charge on any atom is 0.417 e. The molecule has 5 heteroatoms. The third-order valence-electron chi connectivity index (χ3n) is 1.71. The van der Waals surface area contributed by atoms with E-state index >= 15 is 0 Å². The number of hydrogen-bond acceptors (Lipinski definition) is 4. The molecule has 0 aromatic carbocycles. The fourth-order valence-corrected chi connectivity index (χ4v) is 1.35. The molecule has 0 aromatic heterocycles. The zero-order valence-electron chi connectivity index (χ0n) is 9.15. The highest BCUT2D eigenvalue weighted by Crippen LogP contribution is 2.16. The first-order valence-electron chi connectivity index (χ1n) is 4.67. The summed E-state index contributed by atoms with van der Waals surface area (Å²) in [7, 11) is 0. The topological polar surface area (TPSA) is 38.8 Å². The quantitative estimate of drug-likeness (QED) is 0.510. The SMILES string of the molecule is C=CC1CN(C(=O)OC(C)(C)C)C(=S)O1. The molecule has 0 saturated carbocycles. The van der Waals surface area contributed by atoms with Crippen molar-refractivity contribution in [3.05, 3.63) is 12.7 Å². The molecule has 1 amide bonds. The highest BCUT2D eigenvalue weighted by molar-refractivity contribution is 7.80. The number of thiocarbonyl (C=S) groups is 1. The number of ether oxygens (including phenoxy) is 2. The zero-order valence-corrected chi connectivity index (χ0v) is 9.97. The molecule has 1 heterocycles. The van der Waals surface area contributed by atoms with Gasteiger partial charge in [0.05, 0.1) is 6.54 Å². The van der Waals surface area contributed by atoms with Gasteiger partial charge in [-0.05, 0) is 39.1 Å². The Hall–Kier alpha value is -1.10. The fourth-order valence-electron chi connectivity index (χ4n) is 1.07. The molecule has 0 aliphatic carbocycles. The van der Waals surface area contributed by atoms with Gasteiger partial charge in [0.15, 0.2) is 0 Å². The van der Waals surface area contributed by atoms with Crippen molar-refractivity contribution in [3.8, 4) is 0 Å². The Morgan fingerprint density at radius 3 is 2.73 bits per heavy atom. The molecule has 0 N–H and O–H groups in total. The number of carbonyl (C=O) groups excluding carboxylic acids is 1. The molecule has 1 saturated heterocycles. The average molecular weight is 229 g/mol. The van der Waals surface area contributed by atoms with Crippen LogP contribution in [-0.4, -0.2) is 34.4 Å². The Balaban J connectivity index is 2.62. The molecule has 4 nitrogen and oxygen atoms in total. The standard InChI is InChI=1S/C10H15NO3S/c1-5-7-6-11(9(15)13-7)8(12)14-10(2,3)4/h5,7H,1,6H2,2-4H3. The summed E-state index contributed by atoms with van der Waals surface area (Å²) >= 11 is 4.90. The summed E-state index contributed by atoms with van der Waals surface area (Å²) < 4.78 is 10.4. The molecule has 1 fully saturated rings. The predicted octanol–water partition coefficient (Wildman–Crippen LogP) is 2.09. The summed E-state index contributed by atoms with van der Waals surface area (Å²) in [6.07, 6.45) is 0.901. The molecule has 1 atom stereocenters. The van der Waals surface area contributed by atoms with Gasteiger partial charge in [0.2, 0.25) is 0 Å². The second-order valence-corrected chi connectivity index (χ2v) is 4.60. The number of hydrogen-bond donors (Lipinski definition) is 0. The van der Waals surface area contributed by atoms with E-state index in [2.05, 4.69) is 6.58 Å². The van der Waals surface area contributed by atoms with E-state index in [4.69, 9.17) is 21.7 Å². The van der Waals surface area contributed by atoms with Crippen molar-refractivity contribution in [1.29, 1.82) is 0 Å². The maximum absolute atomic E-state index is 11.6. The van der Waals surface area contributed by atoms with Crippen molar-refractivity contribution in [2.75, 3.05) is 6.54 Å². The van der Waals surface area contributed by atoms with Crippen LogP contribution in [0.3, 0.4) is 0 Å². The lowest BCUT2D eigenvalue weighted by Crippen LogP contribution is -2.37. The van der Waals surface area contributed by atoms with Gasteiger partial charge in [-0.3, -0.25) is 0 Å². The zero-order chi connectivity index (χ0) is 11.6. The molecule has 1 aliphatic rings. The first kappa shape index (κ1) is 12.0. The van der Waals surface area contributed by atoms with E-state index in [-0.39, 0.29) is 11.3 Å². The molecule has 0 spiro atoms. The second kappa shape index (κ2) is 4.18. The van der Waals surface area contributed by atoms with Crippen LogP contribution < -0.4 is 0 Å². The van der Waals surface area contributed by atoms with E-state index < -0.39 is 11.7 Å². The smallest absolute Gasteiger partial charge is 0.417 e. The van der Waals surface area contributed by atoms with Gasteiger partial charge < -0.3 is 9.47 Å². The van der Waals surface area contributed by atoms with Crippen molar-refractivity contribution < 1.29 is 14.3 Å². The summed E-state index contributed by atoms with van der Waals surface area (Å²) in [4.78, 5) is 12.9. The Labute approximate surface area is 94.8 Å². The van der Waals surface area contributed by atoms with Crippen LogP contribution in [0.15, 0.2) is 12.7 Å². The van der Waals surface area contributed by atoms with Gasteiger partial charge in [-0.2, -0.15) is 0 Å². The van der Waals surface area contributed by atoms with Gasteiger partial charge in [0.25, 0.3) is 5.17 Å². The minimum atomic E-state index is -0.529. The highest BCUT2D eigenvalue weighted by atomic mass is 32.1. The number of amides is 1. The largest absolute Gasteiger partial charge is 0.461 e. The first-order valence-corrected chi connectivity index (χ1v) is 5.08. The molecule has 0 aromatic rings. The molecule has 0 radical (unpaired) electrons. The lowest BCUT2D eigenvalue weighted by molar-refractivity contribution is 0.0385. The molecule has 1 rings (SSSR count). The van der Waals surface area contributed by atoms with Crippen LogP contribution in [0, 0.1) is 0 Å². The van der Waals surface area contributed by atoms with Crippen LogP contribution in [0.2, 0.25) is 0 Å². The van der Waals surface area contributed by atoms with Crippen molar-refractivity contribution in [1.82, 2.24) is 4.90 Å². The highest BCUT2D eigenvalue weighted by Gasteiger charge is 2.34. The van der Waals surface area contributed by atoms with E-state index in [1.807, 2.05) is 0 Å². The summed E-state index contributed by atoms with van der Waals surface area (Å²) in [6.45, 7) is 9.36. The van der Waals surface area contributed by atoms with Crippen LogP contribution in [0.25, 0.3) is 0 Å². The van der Waals surface area contributed by atoms with Crippen LogP contribution in [-0.2, 0) is 9.47 Å². The Kier molecular flexibility index (Phi) is 3.34. The number of carbonyl (C=O) groups is 1. The van der Waals surface area contributed by atoms with Crippen LogP contribution in [0.5, 0.6) is 0 Å². The molecular formula is C10H15NO3S. The fraction of sp³-hybridized carbons (Fsp3) is 0.600. The Bertz CT molecular complexity index is 296. The van der Waals surface area contributed by atoms with E-state index in [9.17, 15) is 4.79 Å². The third kappa shape index (κ3) is 3.20. The maximum atomic E-state index is 11.6. The molecule has 1 unspecified atom stereocenters. The first-order chi connectivity index (χ1) is 6.83. The van der Waals surface area contributed by atoms with Crippen molar-refractivity contribution in [3.63, 3.8) is 0 Å². The minimum Gasteiger partial charge on any atom is -0.461 e. The van der Waals surface area contributed by atoms with Crippen molar-refractivity contribution >= 4 is 23.5 Å². The monoisotopic (exact) mass is 229 g/mol. The lowest BCUT2D eigenvalue weighted by atomic mass is 10.2. The van der Waals surface area contributed by atoms with Crippen LogP contribution in [0.1, 0.15) is 20.8 Å². The Morgan fingerprint density at radius 2 is 2.33 bits per heavy atom. The van der Waals surface area contributed by atoms with E-state index in [0.717, 1.165) is 0 Å². The van der Waals surface area contributed by atoms with E-state index in [0.29, 0.717) is 6.54 Å². The number of nitrogens with zero attached hydrogens (tertiary/aromatic N) is 1. The minimum absolute atomic E-state index is 0.147. The van der Waals surface area contributed by atoms with Crippen LogP contribution in [0.4, 0.5) is 4.79 Å². The molecule has 1 aliphatic heterocycles. The van der Waals surface area contributed by atoms with E-state index in [1.54, 1.807) is 26.8 Å². The van der Waals surface area contributed by atoms with Crippen molar-refractivity contribution in [2.24, 2.45) is 0 Å². The molecule has 0 bridgehead atoms. The third-order valence-corrected chi connectivity index (χ3v) is 2.03. The van der Waals surface area contributed by atoms with Gasteiger partial charge in [0, 0.05) is 0 Å². The van der Waals surface area contributed by atoms with Gasteiger partial charge in [0.1, 0.15) is 11.7 Å². The normalized spacial score (nSPS) is 21.1. The van der Waals surface area contributed by atoms with Gasteiger partial charge in [-0.15, -0.1) is 0 Å². The van der Waals surface area contributed by atoms with Crippen LogP contribution >= 0.6 is 12.2 Å².